The van der Waals surface area contributed by atoms with E-state index in [1.54, 1.807) is 18.1 Å². The molecule has 92 valence electrons. The molecule has 0 aliphatic rings. The molecule has 0 radical (unpaired) electrons. The average molecular weight is 252 g/mol. The predicted octanol–water partition coefficient (Wildman–Crippen LogP) is 2.52. The third kappa shape index (κ3) is 3.21. The van der Waals surface area contributed by atoms with Crippen molar-refractivity contribution in [2.45, 2.75) is 26.3 Å². The standard InChI is InChI=1S/C12H16N2O2S/c1-9(2)14(7-4-6-13)12(15)11-10(16-3)5-8-17-11/h5,8-9H,4,7H2,1-3H3. The molecule has 1 rings (SSSR count). The van der Waals surface area contributed by atoms with Crippen molar-refractivity contribution in [2.24, 2.45) is 0 Å². The van der Waals surface area contributed by atoms with E-state index in [0.29, 0.717) is 23.6 Å². The van der Waals surface area contributed by atoms with Crippen LogP contribution in [0.5, 0.6) is 5.75 Å². The predicted molar refractivity (Wildman–Crippen MR) is 67.3 cm³/mol. The molecule has 1 aromatic rings. The molecular formula is C12H16N2O2S. The van der Waals surface area contributed by atoms with Gasteiger partial charge in [-0.05, 0) is 25.3 Å². The highest BCUT2D eigenvalue weighted by molar-refractivity contribution is 7.12. The quantitative estimate of drug-likeness (QED) is 0.809. The Kier molecular flexibility index (Phi) is 4.98. The van der Waals surface area contributed by atoms with E-state index in [1.807, 2.05) is 19.2 Å². The van der Waals surface area contributed by atoms with E-state index in [0.717, 1.165) is 0 Å². The van der Waals surface area contributed by atoms with Crippen LogP contribution in [0, 0.1) is 11.3 Å². The smallest absolute Gasteiger partial charge is 0.268 e. The highest BCUT2D eigenvalue weighted by atomic mass is 32.1. The van der Waals surface area contributed by atoms with Crippen molar-refractivity contribution in [3.63, 3.8) is 0 Å². The molecule has 0 saturated heterocycles. The van der Waals surface area contributed by atoms with Crippen molar-refractivity contribution in [3.8, 4) is 11.8 Å². The summed E-state index contributed by atoms with van der Waals surface area (Å²) in [4.78, 5) is 14.6. The molecule has 1 aromatic heterocycles. The Bertz CT molecular complexity index is 420. The van der Waals surface area contributed by atoms with Gasteiger partial charge in [0.2, 0.25) is 0 Å². The zero-order valence-electron chi connectivity index (χ0n) is 10.3. The maximum atomic E-state index is 12.3. The van der Waals surface area contributed by atoms with Gasteiger partial charge in [0.1, 0.15) is 10.6 Å². The van der Waals surface area contributed by atoms with E-state index in [4.69, 9.17) is 10.00 Å². The van der Waals surface area contributed by atoms with Gasteiger partial charge in [-0.1, -0.05) is 0 Å². The summed E-state index contributed by atoms with van der Waals surface area (Å²) in [6.45, 7) is 4.33. The molecule has 1 heterocycles. The average Bonchev–Trinajstić information content (AvgIpc) is 2.76. The first-order valence-electron chi connectivity index (χ1n) is 5.41. The summed E-state index contributed by atoms with van der Waals surface area (Å²) in [5.74, 6) is 0.532. The second kappa shape index (κ2) is 6.26. The number of nitriles is 1. The summed E-state index contributed by atoms with van der Waals surface area (Å²) in [6, 6.07) is 3.91. The molecule has 0 aliphatic heterocycles. The molecule has 0 atom stereocenters. The van der Waals surface area contributed by atoms with Gasteiger partial charge in [0.05, 0.1) is 19.6 Å². The lowest BCUT2D eigenvalue weighted by Crippen LogP contribution is -2.37. The summed E-state index contributed by atoms with van der Waals surface area (Å²) in [5.41, 5.74) is 0. The maximum absolute atomic E-state index is 12.3. The maximum Gasteiger partial charge on any atom is 0.268 e. The molecule has 4 nitrogen and oxygen atoms in total. The van der Waals surface area contributed by atoms with Gasteiger partial charge in [0.25, 0.3) is 5.91 Å². The van der Waals surface area contributed by atoms with E-state index in [9.17, 15) is 4.79 Å². The fourth-order valence-corrected chi connectivity index (χ4v) is 2.32. The van der Waals surface area contributed by atoms with Gasteiger partial charge in [-0.15, -0.1) is 11.3 Å². The molecule has 1 amide bonds. The lowest BCUT2D eigenvalue weighted by Gasteiger charge is -2.25. The first kappa shape index (κ1) is 13.5. The molecule has 0 N–H and O–H groups in total. The Balaban J connectivity index is 2.88. The number of nitrogens with zero attached hydrogens (tertiary/aromatic N) is 2. The Labute approximate surface area is 105 Å². The van der Waals surface area contributed by atoms with Crippen LogP contribution in [0.4, 0.5) is 0 Å². The molecule has 0 aliphatic carbocycles. The Hall–Kier alpha value is -1.54. The van der Waals surface area contributed by atoms with E-state index in [2.05, 4.69) is 6.07 Å². The molecule has 0 fully saturated rings. The van der Waals surface area contributed by atoms with Crippen molar-refractivity contribution in [3.05, 3.63) is 16.3 Å². The minimum atomic E-state index is -0.0675. The number of ether oxygens (including phenoxy) is 1. The number of rotatable bonds is 5. The first-order chi connectivity index (χ1) is 8.11. The molecule has 0 spiro atoms. The molecule has 0 bridgehead atoms. The van der Waals surface area contributed by atoms with E-state index in [1.165, 1.54) is 11.3 Å². The van der Waals surface area contributed by atoms with Crippen LogP contribution in [-0.2, 0) is 0 Å². The fraction of sp³-hybridized carbons (Fsp3) is 0.500. The second-order valence-electron chi connectivity index (χ2n) is 3.82. The second-order valence-corrected chi connectivity index (χ2v) is 4.73. The van der Waals surface area contributed by atoms with Gasteiger partial charge in [-0.25, -0.2) is 0 Å². The molecule has 5 heteroatoms. The van der Waals surface area contributed by atoms with E-state index < -0.39 is 0 Å². The summed E-state index contributed by atoms with van der Waals surface area (Å²) in [5, 5.41) is 10.4. The fourth-order valence-electron chi connectivity index (χ4n) is 1.51. The SMILES string of the molecule is COc1ccsc1C(=O)N(CCC#N)C(C)C. The number of amides is 1. The minimum absolute atomic E-state index is 0.0675. The third-order valence-electron chi connectivity index (χ3n) is 2.39. The third-order valence-corrected chi connectivity index (χ3v) is 3.28. The van der Waals surface area contributed by atoms with Crippen LogP contribution in [0.2, 0.25) is 0 Å². The topological polar surface area (TPSA) is 53.3 Å². The highest BCUT2D eigenvalue weighted by Crippen LogP contribution is 2.26. The molecular weight excluding hydrogens is 236 g/mol. The molecule has 0 aromatic carbocycles. The van der Waals surface area contributed by atoms with Crippen molar-refractivity contribution >= 4 is 17.2 Å². The summed E-state index contributed by atoms with van der Waals surface area (Å²) < 4.78 is 5.14. The lowest BCUT2D eigenvalue weighted by atomic mass is 10.2. The van der Waals surface area contributed by atoms with Crippen LogP contribution in [0.25, 0.3) is 0 Å². The van der Waals surface area contributed by atoms with Gasteiger partial charge in [0, 0.05) is 12.6 Å². The number of carbonyl (C=O) groups is 1. The normalized spacial score (nSPS) is 10.1. The highest BCUT2D eigenvalue weighted by Gasteiger charge is 2.22. The molecule has 17 heavy (non-hydrogen) atoms. The van der Waals surface area contributed by atoms with Crippen molar-refractivity contribution < 1.29 is 9.53 Å². The van der Waals surface area contributed by atoms with Crippen LogP contribution in [0.15, 0.2) is 11.4 Å². The van der Waals surface area contributed by atoms with Gasteiger partial charge in [-0.3, -0.25) is 4.79 Å². The van der Waals surface area contributed by atoms with Gasteiger partial charge < -0.3 is 9.64 Å². The lowest BCUT2D eigenvalue weighted by molar-refractivity contribution is 0.0712. The Morgan fingerprint density at radius 3 is 2.88 bits per heavy atom. The minimum Gasteiger partial charge on any atom is -0.495 e. The van der Waals surface area contributed by atoms with Gasteiger partial charge in [-0.2, -0.15) is 5.26 Å². The van der Waals surface area contributed by atoms with Gasteiger partial charge >= 0.3 is 0 Å². The van der Waals surface area contributed by atoms with Crippen LogP contribution >= 0.6 is 11.3 Å². The van der Waals surface area contributed by atoms with Crippen LogP contribution in [0.1, 0.15) is 29.9 Å². The number of hydrogen-bond donors (Lipinski definition) is 0. The number of methoxy groups -OCH3 is 1. The summed E-state index contributed by atoms with van der Waals surface area (Å²) >= 11 is 1.36. The van der Waals surface area contributed by atoms with Crippen molar-refractivity contribution in [1.29, 1.82) is 5.26 Å². The van der Waals surface area contributed by atoms with Crippen molar-refractivity contribution in [2.75, 3.05) is 13.7 Å². The number of carbonyl (C=O) groups excluding carboxylic acids is 1. The van der Waals surface area contributed by atoms with Gasteiger partial charge in [0.15, 0.2) is 0 Å². The molecule has 0 saturated carbocycles. The molecule has 0 unspecified atom stereocenters. The van der Waals surface area contributed by atoms with Crippen LogP contribution in [0.3, 0.4) is 0 Å². The van der Waals surface area contributed by atoms with E-state index in [-0.39, 0.29) is 11.9 Å². The Morgan fingerprint density at radius 1 is 1.65 bits per heavy atom. The monoisotopic (exact) mass is 252 g/mol. The summed E-state index contributed by atoms with van der Waals surface area (Å²) in [6.07, 6.45) is 0.345. The largest absolute Gasteiger partial charge is 0.495 e. The first-order valence-corrected chi connectivity index (χ1v) is 6.29. The number of hydrogen-bond acceptors (Lipinski definition) is 4. The number of thiophene rings is 1. The van der Waals surface area contributed by atoms with Crippen LogP contribution in [-0.4, -0.2) is 30.5 Å². The van der Waals surface area contributed by atoms with Crippen molar-refractivity contribution in [1.82, 2.24) is 4.90 Å². The van der Waals surface area contributed by atoms with Crippen LogP contribution < -0.4 is 4.74 Å². The Morgan fingerprint density at radius 2 is 2.35 bits per heavy atom. The zero-order valence-corrected chi connectivity index (χ0v) is 11.1. The zero-order chi connectivity index (χ0) is 12.8. The van der Waals surface area contributed by atoms with E-state index >= 15 is 0 Å². The summed E-state index contributed by atoms with van der Waals surface area (Å²) in [7, 11) is 1.55.